The third-order valence-electron chi connectivity index (χ3n) is 3.18. The van der Waals surface area contributed by atoms with Gasteiger partial charge in [-0.1, -0.05) is 29.8 Å². The van der Waals surface area contributed by atoms with E-state index in [1.54, 1.807) is 0 Å². The van der Waals surface area contributed by atoms with Gasteiger partial charge in [-0.25, -0.2) is 0 Å². The number of hydrogen-bond acceptors (Lipinski definition) is 4. The number of nitrogens with one attached hydrogen (secondary N) is 1. The van der Waals surface area contributed by atoms with Crippen molar-refractivity contribution in [1.29, 1.82) is 0 Å². The van der Waals surface area contributed by atoms with Crippen LogP contribution < -0.4 is 15.8 Å². The van der Waals surface area contributed by atoms with Gasteiger partial charge in [-0.15, -0.1) is 0 Å². The summed E-state index contributed by atoms with van der Waals surface area (Å²) >= 11 is 0. The highest BCUT2D eigenvalue weighted by Gasteiger charge is 2.09. The van der Waals surface area contributed by atoms with E-state index in [-0.39, 0.29) is 12.1 Å². The van der Waals surface area contributed by atoms with Crippen molar-refractivity contribution >= 4 is 11.5 Å². The molecule has 1 heterocycles. The van der Waals surface area contributed by atoms with Crippen molar-refractivity contribution in [2.75, 3.05) is 11.1 Å². The third-order valence-corrected chi connectivity index (χ3v) is 3.18. The van der Waals surface area contributed by atoms with E-state index < -0.39 is 0 Å². The van der Waals surface area contributed by atoms with E-state index in [0.29, 0.717) is 11.6 Å². The number of nitrogens with zero attached hydrogens (tertiary/aromatic N) is 1. The van der Waals surface area contributed by atoms with Crippen LogP contribution >= 0.6 is 0 Å². The number of hydrogen-bond donors (Lipinski definition) is 2. The number of ether oxygens (including phenoxy) is 1. The van der Waals surface area contributed by atoms with E-state index in [1.165, 1.54) is 11.1 Å². The van der Waals surface area contributed by atoms with Crippen LogP contribution in [0.3, 0.4) is 0 Å². The molecule has 1 aromatic heterocycles. The molecule has 0 saturated heterocycles. The molecule has 21 heavy (non-hydrogen) atoms. The number of nitrogens with two attached hydrogens (primary N) is 1. The van der Waals surface area contributed by atoms with Gasteiger partial charge in [0.2, 0.25) is 5.88 Å². The molecule has 4 heteroatoms. The predicted octanol–water partition coefficient (Wildman–Crippen LogP) is 3.93. The minimum Gasteiger partial charge on any atom is -0.473 e. The Hall–Kier alpha value is -2.23. The lowest BCUT2D eigenvalue weighted by molar-refractivity contribution is 0.234. The number of benzene rings is 1. The van der Waals surface area contributed by atoms with Crippen LogP contribution in [0.1, 0.15) is 37.9 Å². The Balaban J connectivity index is 2.13. The first-order chi connectivity index (χ1) is 9.95. The van der Waals surface area contributed by atoms with Crippen LogP contribution in [0.4, 0.5) is 11.5 Å². The average Bonchev–Trinajstić information content (AvgIpc) is 2.42. The summed E-state index contributed by atoms with van der Waals surface area (Å²) in [6, 6.07) is 12.3. The summed E-state index contributed by atoms with van der Waals surface area (Å²) in [5.74, 6) is 1.24. The van der Waals surface area contributed by atoms with Gasteiger partial charge < -0.3 is 15.8 Å². The molecule has 0 radical (unpaired) electrons. The molecule has 1 unspecified atom stereocenters. The Labute approximate surface area is 126 Å². The van der Waals surface area contributed by atoms with E-state index in [0.717, 1.165) is 5.82 Å². The summed E-state index contributed by atoms with van der Waals surface area (Å²) in [6.07, 6.45) is 0.0459. The normalized spacial score (nSPS) is 12.2. The first-order valence-electron chi connectivity index (χ1n) is 7.22. The molecule has 0 amide bonds. The molecule has 0 bridgehead atoms. The number of aryl methyl sites for hydroxylation is 1. The van der Waals surface area contributed by atoms with E-state index >= 15 is 0 Å². The maximum Gasteiger partial charge on any atom is 0.239 e. The van der Waals surface area contributed by atoms with Crippen LogP contribution in [0, 0.1) is 6.92 Å². The summed E-state index contributed by atoms with van der Waals surface area (Å²) in [5, 5.41) is 3.37. The fourth-order valence-electron chi connectivity index (χ4n) is 2.01. The zero-order valence-corrected chi connectivity index (χ0v) is 13.1. The van der Waals surface area contributed by atoms with Crippen LogP contribution in [0.25, 0.3) is 0 Å². The SMILES string of the molecule is Cc1ccc(C(C)Nc2ccc(N)c(OC(C)C)n2)cc1. The zero-order chi connectivity index (χ0) is 15.4. The number of aromatic nitrogens is 1. The maximum atomic E-state index is 5.88. The second-order valence-corrected chi connectivity index (χ2v) is 5.53. The largest absolute Gasteiger partial charge is 0.473 e. The Morgan fingerprint density at radius 2 is 1.71 bits per heavy atom. The van der Waals surface area contributed by atoms with Crippen LogP contribution in [0.15, 0.2) is 36.4 Å². The number of nitrogen functional groups attached to an aromatic ring is 1. The maximum absolute atomic E-state index is 5.88. The van der Waals surface area contributed by atoms with Gasteiger partial charge in [0.1, 0.15) is 5.82 Å². The van der Waals surface area contributed by atoms with Crippen molar-refractivity contribution in [3.63, 3.8) is 0 Å². The summed E-state index contributed by atoms with van der Waals surface area (Å²) in [6.45, 7) is 8.09. The fraction of sp³-hybridized carbons (Fsp3) is 0.353. The molecule has 2 aromatic rings. The van der Waals surface area contributed by atoms with Crippen molar-refractivity contribution in [2.45, 2.75) is 39.8 Å². The molecular formula is C17H23N3O. The molecule has 0 aliphatic carbocycles. The summed E-state index contributed by atoms with van der Waals surface area (Å²) in [7, 11) is 0. The molecule has 3 N–H and O–H groups in total. The van der Waals surface area contributed by atoms with Gasteiger partial charge in [-0.05, 0) is 45.4 Å². The van der Waals surface area contributed by atoms with Crippen LogP contribution in [0.2, 0.25) is 0 Å². The molecule has 1 aromatic carbocycles. The van der Waals surface area contributed by atoms with E-state index in [2.05, 4.69) is 48.4 Å². The van der Waals surface area contributed by atoms with Crippen molar-refractivity contribution in [2.24, 2.45) is 0 Å². The highest BCUT2D eigenvalue weighted by Crippen LogP contribution is 2.24. The van der Waals surface area contributed by atoms with Gasteiger partial charge in [0, 0.05) is 6.04 Å². The summed E-state index contributed by atoms with van der Waals surface area (Å²) in [5.41, 5.74) is 8.90. The highest BCUT2D eigenvalue weighted by atomic mass is 16.5. The van der Waals surface area contributed by atoms with Crippen molar-refractivity contribution < 1.29 is 4.74 Å². The van der Waals surface area contributed by atoms with E-state index in [9.17, 15) is 0 Å². The Morgan fingerprint density at radius 1 is 1.05 bits per heavy atom. The minimum atomic E-state index is 0.0459. The Kier molecular flexibility index (Phi) is 4.68. The van der Waals surface area contributed by atoms with Crippen molar-refractivity contribution in [1.82, 2.24) is 4.98 Å². The van der Waals surface area contributed by atoms with Crippen LogP contribution in [-0.2, 0) is 0 Å². The Morgan fingerprint density at radius 3 is 2.33 bits per heavy atom. The number of rotatable bonds is 5. The van der Waals surface area contributed by atoms with Crippen LogP contribution in [-0.4, -0.2) is 11.1 Å². The third kappa shape index (κ3) is 4.12. The second kappa shape index (κ2) is 6.48. The zero-order valence-electron chi connectivity index (χ0n) is 13.1. The fourth-order valence-corrected chi connectivity index (χ4v) is 2.01. The number of anilines is 2. The smallest absolute Gasteiger partial charge is 0.239 e. The average molecular weight is 285 g/mol. The summed E-state index contributed by atoms with van der Waals surface area (Å²) < 4.78 is 5.61. The molecule has 0 fully saturated rings. The van der Waals surface area contributed by atoms with E-state index in [1.807, 2.05) is 26.0 Å². The molecule has 112 valence electrons. The topological polar surface area (TPSA) is 60.2 Å². The lowest BCUT2D eigenvalue weighted by Gasteiger charge is -2.17. The Bertz CT molecular complexity index is 593. The second-order valence-electron chi connectivity index (χ2n) is 5.53. The van der Waals surface area contributed by atoms with Gasteiger partial charge in [0.05, 0.1) is 11.8 Å². The van der Waals surface area contributed by atoms with E-state index in [4.69, 9.17) is 10.5 Å². The predicted molar refractivity (Wildman–Crippen MR) is 87.6 cm³/mol. The van der Waals surface area contributed by atoms with Gasteiger partial charge in [0.15, 0.2) is 0 Å². The molecule has 4 nitrogen and oxygen atoms in total. The molecule has 0 spiro atoms. The molecule has 2 rings (SSSR count). The highest BCUT2D eigenvalue weighted by molar-refractivity contribution is 5.54. The number of pyridine rings is 1. The lowest BCUT2D eigenvalue weighted by atomic mass is 10.1. The monoisotopic (exact) mass is 285 g/mol. The molecule has 0 aliphatic rings. The molecule has 0 saturated carbocycles. The van der Waals surface area contributed by atoms with Crippen molar-refractivity contribution in [3.8, 4) is 5.88 Å². The van der Waals surface area contributed by atoms with Crippen LogP contribution in [0.5, 0.6) is 5.88 Å². The standard InChI is InChI=1S/C17H23N3O/c1-11(2)21-17-15(18)9-10-16(20-17)19-13(4)14-7-5-12(3)6-8-14/h5-11,13H,18H2,1-4H3,(H,19,20). The lowest BCUT2D eigenvalue weighted by Crippen LogP contribution is -2.12. The van der Waals surface area contributed by atoms with Gasteiger partial charge >= 0.3 is 0 Å². The first kappa shape index (κ1) is 15.2. The molecular weight excluding hydrogens is 262 g/mol. The quantitative estimate of drug-likeness (QED) is 0.873. The molecule has 0 aliphatic heterocycles. The summed E-state index contributed by atoms with van der Waals surface area (Å²) in [4.78, 5) is 4.44. The van der Waals surface area contributed by atoms with Gasteiger partial charge in [0.25, 0.3) is 0 Å². The van der Waals surface area contributed by atoms with Gasteiger partial charge in [-0.2, -0.15) is 4.98 Å². The first-order valence-corrected chi connectivity index (χ1v) is 7.22. The van der Waals surface area contributed by atoms with Crippen molar-refractivity contribution in [3.05, 3.63) is 47.5 Å². The molecule has 1 atom stereocenters. The van der Waals surface area contributed by atoms with Gasteiger partial charge in [-0.3, -0.25) is 0 Å². The minimum absolute atomic E-state index is 0.0459.